The van der Waals surface area contributed by atoms with Gasteiger partial charge in [-0.15, -0.1) is 0 Å². The van der Waals surface area contributed by atoms with Crippen molar-refractivity contribution in [2.24, 2.45) is 0 Å². The number of methoxy groups -OCH3 is 1. The van der Waals surface area contributed by atoms with Crippen molar-refractivity contribution in [3.8, 4) is 5.75 Å². The number of fused-ring (bicyclic) bond motifs is 1. The molecule has 0 spiro atoms. The third-order valence-corrected chi connectivity index (χ3v) is 4.24. The Balaban J connectivity index is 1.93. The molecule has 1 N–H and O–H groups in total. The number of ether oxygens (including phenoxy) is 1. The first-order valence-electron chi connectivity index (χ1n) is 7.62. The number of aliphatic carboxylic acids is 1. The third-order valence-electron chi connectivity index (χ3n) is 4.24. The molecule has 0 unspecified atom stereocenters. The van der Waals surface area contributed by atoms with Gasteiger partial charge >= 0.3 is 11.6 Å². The van der Waals surface area contributed by atoms with Crippen molar-refractivity contribution in [1.29, 1.82) is 0 Å². The Morgan fingerprint density at radius 3 is 2.88 bits per heavy atom. The van der Waals surface area contributed by atoms with Crippen molar-refractivity contribution in [2.45, 2.75) is 25.3 Å². The number of likely N-dealkylation sites (tertiary alicyclic amines) is 1. The van der Waals surface area contributed by atoms with Gasteiger partial charge in [-0.3, -0.25) is 4.79 Å². The average Bonchev–Trinajstić information content (AvgIpc) is 3.04. The third kappa shape index (κ3) is 2.97. The summed E-state index contributed by atoms with van der Waals surface area (Å²) >= 11 is 0. The second-order valence-corrected chi connectivity index (χ2v) is 5.71. The lowest BCUT2D eigenvalue weighted by Crippen LogP contribution is -2.41. The first-order valence-corrected chi connectivity index (χ1v) is 7.62. The Morgan fingerprint density at radius 2 is 2.17 bits per heavy atom. The number of carboxylic acid groups (broad SMARTS) is 1. The molecular weight excluding hydrogens is 314 g/mol. The van der Waals surface area contributed by atoms with E-state index in [9.17, 15) is 19.5 Å². The Labute approximate surface area is 137 Å². The first-order chi connectivity index (χ1) is 11.5. The van der Waals surface area contributed by atoms with E-state index >= 15 is 0 Å². The summed E-state index contributed by atoms with van der Waals surface area (Å²) in [7, 11) is 1.51. The molecule has 1 aromatic carbocycles. The number of nitrogens with zero attached hydrogens (tertiary/aromatic N) is 1. The van der Waals surface area contributed by atoms with E-state index in [1.165, 1.54) is 18.1 Å². The van der Waals surface area contributed by atoms with Crippen molar-refractivity contribution >= 4 is 22.8 Å². The summed E-state index contributed by atoms with van der Waals surface area (Å²) in [6.45, 7) is 0.420. The van der Waals surface area contributed by atoms with Gasteiger partial charge in [0, 0.05) is 24.1 Å². The first kappa shape index (κ1) is 16.0. The summed E-state index contributed by atoms with van der Waals surface area (Å²) in [6.07, 6.45) is 1.08. The predicted molar refractivity (Wildman–Crippen MR) is 85.1 cm³/mol. The van der Waals surface area contributed by atoms with E-state index in [1.54, 1.807) is 18.2 Å². The molecule has 0 aliphatic carbocycles. The summed E-state index contributed by atoms with van der Waals surface area (Å²) in [5.41, 5.74) is 0.292. The quantitative estimate of drug-likeness (QED) is 0.851. The van der Waals surface area contributed by atoms with Crippen molar-refractivity contribution < 1.29 is 23.8 Å². The van der Waals surface area contributed by atoms with E-state index in [0.29, 0.717) is 41.7 Å². The maximum absolute atomic E-state index is 12.5. The van der Waals surface area contributed by atoms with Crippen LogP contribution in [0.5, 0.6) is 5.75 Å². The van der Waals surface area contributed by atoms with Gasteiger partial charge in [-0.25, -0.2) is 9.59 Å². The highest BCUT2D eigenvalue weighted by atomic mass is 16.5. The molecule has 1 saturated heterocycles. The van der Waals surface area contributed by atoms with Crippen molar-refractivity contribution in [3.63, 3.8) is 0 Å². The molecule has 7 heteroatoms. The zero-order valence-electron chi connectivity index (χ0n) is 13.2. The number of carbonyl (C=O) groups excluding carboxylic acids is 1. The summed E-state index contributed by atoms with van der Waals surface area (Å²) in [4.78, 5) is 36.9. The number of amides is 1. The minimum absolute atomic E-state index is 0.0434. The molecule has 3 rings (SSSR count). The summed E-state index contributed by atoms with van der Waals surface area (Å²) in [5, 5.41) is 9.83. The van der Waals surface area contributed by atoms with Crippen LogP contribution in [0.1, 0.15) is 18.4 Å². The van der Waals surface area contributed by atoms with Gasteiger partial charge in [-0.1, -0.05) is 0 Å². The molecule has 126 valence electrons. The predicted octanol–water partition coefficient (Wildman–Crippen LogP) is 1.42. The van der Waals surface area contributed by atoms with Crippen LogP contribution in [0.4, 0.5) is 0 Å². The molecule has 1 amide bonds. The van der Waals surface area contributed by atoms with Crippen molar-refractivity contribution in [3.05, 3.63) is 40.2 Å². The van der Waals surface area contributed by atoms with Crippen LogP contribution in [0.2, 0.25) is 0 Å². The number of benzene rings is 1. The van der Waals surface area contributed by atoms with Gasteiger partial charge in [-0.05, 0) is 30.5 Å². The summed E-state index contributed by atoms with van der Waals surface area (Å²) in [5.74, 6) is -0.759. The number of rotatable bonds is 4. The van der Waals surface area contributed by atoms with Crippen LogP contribution in [0.15, 0.2) is 33.5 Å². The van der Waals surface area contributed by atoms with Gasteiger partial charge in [-0.2, -0.15) is 0 Å². The van der Waals surface area contributed by atoms with Crippen LogP contribution < -0.4 is 10.4 Å². The second kappa shape index (κ2) is 6.35. The van der Waals surface area contributed by atoms with Crippen LogP contribution in [-0.4, -0.2) is 41.6 Å². The average molecular weight is 331 g/mol. The van der Waals surface area contributed by atoms with E-state index in [1.807, 2.05) is 0 Å². The zero-order chi connectivity index (χ0) is 17.3. The highest BCUT2D eigenvalue weighted by Gasteiger charge is 2.33. The molecule has 24 heavy (non-hydrogen) atoms. The van der Waals surface area contributed by atoms with Crippen LogP contribution in [0, 0.1) is 0 Å². The van der Waals surface area contributed by atoms with Gasteiger partial charge in [0.25, 0.3) is 0 Å². The van der Waals surface area contributed by atoms with Gasteiger partial charge < -0.3 is 19.2 Å². The summed E-state index contributed by atoms with van der Waals surface area (Å²) < 4.78 is 10.3. The fraction of sp³-hybridized carbons (Fsp3) is 0.353. The Morgan fingerprint density at radius 1 is 1.38 bits per heavy atom. The lowest BCUT2D eigenvalue weighted by Gasteiger charge is -2.21. The number of hydrogen-bond donors (Lipinski definition) is 1. The van der Waals surface area contributed by atoms with Crippen LogP contribution in [0.3, 0.4) is 0 Å². The lowest BCUT2D eigenvalue weighted by atomic mass is 10.1. The van der Waals surface area contributed by atoms with E-state index in [0.717, 1.165) is 0 Å². The molecule has 0 saturated carbocycles. The molecule has 7 nitrogen and oxygen atoms in total. The normalized spacial score (nSPS) is 17.2. The largest absolute Gasteiger partial charge is 0.497 e. The zero-order valence-corrected chi connectivity index (χ0v) is 13.2. The monoisotopic (exact) mass is 331 g/mol. The molecule has 1 aliphatic rings. The fourth-order valence-corrected chi connectivity index (χ4v) is 3.07. The van der Waals surface area contributed by atoms with E-state index < -0.39 is 17.6 Å². The van der Waals surface area contributed by atoms with Crippen molar-refractivity contribution in [1.82, 2.24) is 4.90 Å². The van der Waals surface area contributed by atoms with Crippen LogP contribution in [0.25, 0.3) is 11.0 Å². The topological polar surface area (TPSA) is 97.0 Å². The SMILES string of the molecule is COc1ccc2c(CC(=O)N3CCC[C@H]3C(=O)O)cc(=O)oc2c1. The van der Waals surface area contributed by atoms with Gasteiger partial charge in [0.15, 0.2) is 0 Å². The van der Waals surface area contributed by atoms with Crippen molar-refractivity contribution in [2.75, 3.05) is 13.7 Å². The molecule has 1 aromatic heterocycles. The van der Waals surface area contributed by atoms with Crippen LogP contribution >= 0.6 is 0 Å². The highest BCUT2D eigenvalue weighted by molar-refractivity contribution is 5.90. The molecule has 1 aliphatic heterocycles. The fourth-order valence-electron chi connectivity index (χ4n) is 3.07. The Hall–Kier alpha value is -2.83. The van der Waals surface area contributed by atoms with E-state index in [4.69, 9.17) is 9.15 Å². The molecule has 2 heterocycles. The second-order valence-electron chi connectivity index (χ2n) is 5.71. The Kier molecular flexibility index (Phi) is 4.24. The minimum atomic E-state index is -0.997. The van der Waals surface area contributed by atoms with E-state index in [2.05, 4.69) is 0 Å². The van der Waals surface area contributed by atoms with Crippen LogP contribution in [-0.2, 0) is 16.0 Å². The smallest absolute Gasteiger partial charge is 0.336 e. The molecular formula is C17H17NO6. The molecule has 1 atom stereocenters. The maximum atomic E-state index is 12.5. The van der Waals surface area contributed by atoms with Gasteiger partial charge in [0.05, 0.1) is 13.5 Å². The standard InChI is InChI=1S/C17H17NO6/c1-23-11-4-5-12-10(8-16(20)24-14(12)9-11)7-15(19)18-6-2-3-13(18)17(21)22/h4-5,8-9,13H,2-3,6-7H2,1H3,(H,21,22)/t13-/m0/s1. The number of hydrogen-bond acceptors (Lipinski definition) is 5. The number of carbonyl (C=O) groups is 2. The minimum Gasteiger partial charge on any atom is -0.497 e. The van der Waals surface area contributed by atoms with Gasteiger partial charge in [0.2, 0.25) is 5.91 Å². The van der Waals surface area contributed by atoms with Gasteiger partial charge in [0.1, 0.15) is 17.4 Å². The lowest BCUT2D eigenvalue weighted by molar-refractivity contribution is -0.147. The molecule has 0 radical (unpaired) electrons. The number of carboxylic acids is 1. The highest BCUT2D eigenvalue weighted by Crippen LogP contribution is 2.24. The molecule has 2 aromatic rings. The summed E-state index contributed by atoms with van der Waals surface area (Å²) in [6, 6.07) is 5.51. The molecule has 0 bridgehead atoms. The molecule has 1 fully saturated rings. The van der Waals surface area contributed by atoms with E-state index in [-0.39, 0.29) is 12.3 Å². The maximum Gasteiger partial charge on any atom is 0.336 e. The Bertz CT molecular complexity index is 856.